The van der Waals surface area contributed by atoms with Crippen LogP contribution in [-0.2, 0) is 4.79 Å². The van der Waals surface area contributed by atoms with Crippen LogP contribution in [0.5, 0.6) is 0 Å². The quantitative estimate of drug-likeness (QED) is 0.543. The Labute approximate surface area is 66.4 Å². The molecule has 3 N–H and O–H groups in total. The molecule has 0 aromatic rings. The molecule has 0 aliphatic heterocycles. The maximum absolute atomic E-state index is 10.9. The summed E-state index contributed by atoms with van der Waals surface area (Å²) in [4.78, 5) is 10.9. The summed E-state index contributed by atoms with van der Waals surface area (Å²) in [6, 6.07) is 1.93. The number of nitrogens with two attached hydrogens (primary N) is 1. The Bertz CT molecular complexity index is 162. The van der Waals surface area contributed by atoms with Crippen molar-refractivity contribution in [2.45, 2.75) is 13.3 Å². The van der Waals surface area contributed by atoms with E-state index in [1.54, 1.807) is 6.92 Å². The fourth-order valence-electron chi connectivity index (χ4n) is 0.523. The summed E-state index contributed by atoms with van der Waals surface area (Å²) < 4.78 is 0. The number of carbonyl (C=O) groups excluding carboxylic acids is 1. The average Bonchev–Trinajstić information content (AvgIpc) is 2.03. The van der Waals surface area contributed by atoms with Crippen molar-refractivity contribution in [3.63, 3.8) is 0 Å². The van der Waals surface area contributed by atoms with E-state index in [1.807, 2.05) is 6.07 Å². The van der Waals surface area contributed by atoms with Crippen molar-refractivity contribution in [1.29, 1.82) is 5.26 Å². The second-order valence-corrected chi connectivity index (χ2v) is 2.34. The lowest BCUT2D eigenvalue weighted by molar-refractivity contribution is -0.124. The molecule has 4 heteroatoms. The highest BCUT2D eigenvalue weighted by molar-refractivity contribution is 5.78. The predicted octanol–water partition coefficient (Wildman–Crippen LogP) is -0.389. The molecule has 62 valence electrons. The minimum Gasteiger partial charge on any atom is -0.355 e. The zero-order valence-corrected chi connectivity index (χ0v) is 6.63. The van der Waals surface area contributed by atoms with Crippen molar-refractivity contribution in [3.05, 3.63) is 0 Å². The minimum atomic E-state index is -0.159. The van der Waals surface area contributed by atoms with E-state index >= 15 is 0 Å². The van der Waals surface area contributed by atoms with Gasteiger partial charge >= 0.3 is 0 Å². The summed E-state index contributed by atoms with van der Waals surface area (Å²) in [5.74, 6) is -0.239. The van der Waals surface area contributed by atoms with Crippen molar-refractivity contribution >= 4 is 5.91 Å². The van der Waals surface area contributed by atoms with Crippen LogP contribution in [0.1, 0.15) is 13.3 Å². The molecule has 0 spiro atoms. The lowest BCUT2D eigenvalue weighted by Crippen LogP contribution is -2.33. The zero-order valence-electron chi connectivity index (χ0n) is 6.63. The lowest BCUT2D eigenvalue weighted by Gasteiger charge is -2.07. The fourth-order valence-corrected chi connectivity index (χ4v) is 0.523. The average molecular weight is 155 g/mol. The molecule has 0 aromatic carbocycles. The first-order chi connectivity index (χ1) is 5.22. The fraction of sp³-hybridized carbons (Fsp3) is 0.714. The van der Waals surface area contributed by atoms with E-state index in [4.69, 9.17) is 11.0 Å². The number of nitrogens with one attached hydrogen (secondary N) is 1. The highest BCUT2D eigenvalue weighted by atomic mass is 16.1. The van der Waals surface area contributed by atoms with Gasteiger partial charge in [-0.2, -0.15) is 5.26 Å². The van der Waals surface area contributed by atoms with Crippen LogP contribution in [0.4, 0.5) is 0 Å². The monoisotopic (exact) mass is 155 g/mol. The van der Waals surface area contributed by atoms with E-state index in [1.165, 1.54) is 0 Å². The molecule has 1 amide bonds. The molecule has 0 bridgehead atoms. The van der Waals surface area contributed by atoms with E-state index in [9.17, 15) is 4.79 Å². The largest absolute Gasteiger partial charge is 0.355 e. The standard InChI is InChI=1S/C7H13N3O/c1-6(5-9)7(11)10-4-2-3-8/h6H,2,4-5,9H2,1H3,(H,10,11). The molecule has 0 radical (unpaired) electrons. The maximum Gasteiger partial charge on any atom is 0.224 e. The van der Waals surface area contributed by atoms with Crippen LogP contribution < -0.4 is 11.1 Å². The number of hydrogen-bond acceptors (Lipinski definition) is 3. The Morgan fingerprint density at radius 1 is 1.82 bits per heavy atom. The van der Waals surface area contributed by atoms with Gasteiger partial charge in [-0.1, -0.05) is 6.92 Å². The van der Waals surface area contributed by atoms with E-state index in [-0.39, 0.29) is 11.8 Å². The molecule has 1 atom stereocenters. The number of hydrogen-bond donors (Lipinski definition) is 2. The van der Waals surface area contributed by atoms with Crippen molar-refractivity contribution in [1.82, 2.24) is 5.32 Å². The van der Waals surface area contributed by atoms with Gasteiger partial charge in [-0.25, -0.2) is 0 Å². The van der Waals surface area contributed by atoms with E-state index in [2.05, 4.69) is 5.32 Å². The molecule has 0 aliphatic rings. The van der Waals surface area contributed by atoms with Crippen LogP contribution in [0.3, 0.4) is 0 Å². The lowest BCUT2D eigenvalue weighted by atomic mass is 10.2. The Morgan fingerprint density at radius 2 is 2.45 bits per heavy atom. The van der Waals surface area contributed by atoms with Crippen LogP contribution in [0.2, 0.25) is 0 Å². The predicted molar refractivity (Wildman–Crippen MR) is 41.5 cm³/mol. The van der Waals surface area contributed by atoms with Crippen LogP contribution in [-0.4, -0.2) is 19.0 Å². The molecule has 0 heterocycles. The summed E-state index contributed by atoms with van der Waals surface area (Å²) >= 11 is 0. The Morgan fingerprint density at radius 3 is 2.91 bits per heavy atom. The molecule has 1 unspecified atom stereocenters. The van der Waals surface area contributed by atoms with Gasteiger partial charge in [0.1, 0.15) is 0 Å². The molecular weight excluding hydrogens is 142 g/mol. The molecule has 0 saturated carbocycles. The van der Waals surface area contributed by atoms with Gasteiger partial charge in [0.15, 0.2) is 0 Å². The van der Waals surface area contributed by atoms with E-state index in [0.29, 0.717) is 19.5 Å². The third-order valence-corrected chi connectivity index (χ3v) is 1.34. The van der Waals surface area contributed by atoms with Crippen LogP contribution in [0, 0.1) is 17.2 Å². The number of amides is 1. The molecule has 0 fully saturated rings. The van der Waals surface area contributed by atoms with E-state index < -0.39 is 0 Å². The third kappa shape index (κ3) is 4.34. The highest BCUT2D eigenvalue weighted by Crippen LogP contribution is 1.89. The van der Waals surface area contributed by atoms with Gasteiger partial charge < -0.3 is 11.1 Å². The summed E-state index contributed by atoms with van der Waals surface area (Å²) in [6.45, 7) is 2.51. The van der Waals surface area contributed by atoms with Crippen LogP contribution in [0.15, 0.2) is 0 Å². The smallest absolute Gasteiger partial charge is 0.224 e. The van der Waals surface area contributed by atoms with Gasteiger partial charge in [0.25, 0.3) is 0 Å². The molecule has 11 heavy (non-hydrogen) atoms. The third-order valence-electron chi connectivity index (χ3n) is 1.34. The summed E-state index contributed by atoms with van der Waals surface area (Å²) in [5.41, 5.74) is 5.25. The summed E-state index contributed by atoms with van der Waals surface area (Å²) in [5, 5.41) is 10.7. The van der Waals surface area contributed by atoms with Gasteiger partial charge in [-0.05, 0) is 0 Å². The first kappa shape index (κ1) is 9.92. The Hall–Kier alpha value is -1.08. The molecule has 0 aromatic heterocycles. The second-order valence-electron chi connectivity index (χ2n) is 2.34. The second kappa shape index (κ2) is 5.69. The summed E-state index contributed by atoms with van der Waals surface area (Å²) in [6.07, 6.45) is 0.350. The number of rotatable bonds is 4. The molecule has 0 saturated heterocycles. The normalized spacial score (nSPS) is 11.7. The Kier molecular flexibility index (Phi) is 5.13. The van der Waals surface area contributed by atoms with E-state index in [0.717, 1.165) is 0 Å². The van der Waals surface area contributed by atoms with Gasteiger partial charge in [-0.3, -0.25) is 4.79 Å². The SMILES string of the molecule is CC(CN)C(=O)NCCC#N. The van der Waals surface area contributed by atoms with Gasteiger partial charge in [0, 0.05) is 19.0 Å². The van der Waals surface area contributed by atoms with Gasteiger partial charge in [-0.15, -0.1) is 0 Å². The minimum absolute atomic E-state index is 0.0808. The topological polar surface area (TPSA) is 78.9 Å². The summed E-state index contributed by atoms with van der Waals surface area (Å²) in [7, 11) is 0. The number of nitrogens with zero attached hydrogens (tertiary/aromatic N) is 1. The van der Waals surface area contributed by atoms with Crippen LogP contribution in [0.25, 0.3) is 0 Å². The van der Waals surface area contributed by atoms with Crippen molar-refractivity contribution < 1.29 is 4.79 Å². The molecular formula is C7H13N3O. The highest BCUT2D eigenvalue weighted by Gasteiger charge is 2.08. The van der Waals surface area contributed by atoms with Gasteiger partial charge in [0.05, 0.1) is 12.5 Å². The van der Waals surface area contributed by atoms with Crippen LogP contribution >= 0.6 is 0 Å². The maximum atomic E-state index is 10.9. The van der Waals surface area contributed by atoms with Gasteiger partial charge in [0.2, 0.25) is 5.91 Å². The number of nitriles is 1. The molecule has 0 rings (SSSR count). The first-order valence-corrected chi connectivity index (χ1v) is 3.57. The van der Waals surface area contributed by atoms with Crippen molar-refractivity contribution in [3.8, 4) is 6.07 Å². The van der Waals surface area contributed by atoms with Crippen molar-refractivity contribution in [2.75, 3.05) is 13.1 Å². The molecule has 4 nitrogen and oxygen atoms in total. The Balaban J connectivity index is 3.46. The first-order valence-electron chi connectivity index (χ1n) is 3.57. The zero-order chi connectivity index (χ0) is 8.69. The molecule has 0 aliphatic carbocycles. The van der Waals surface area contributed by atoms with Crippen molar-refractivity contribution in [2.24, 2.45) is 11.7 Å². The number of carbonyl (C=O) groups is 1.